The molecule has 0 amide bonds. The molecule has 0 spiro atoms. The van der Waals surface area contributed by atoms with Gasteiger partial charge in [-0.25, -0.2) is 0 Å². The lowest BCUT2D eigenvalue weighted by molar-refractivity contribution is 0.0980. The molecular formula is C30H45BrNO4P. The molecule has 0 unspecified atom stereocenters. The van der Waals surface area contributed by atoms with Crippen LogP contribution in [0.4, 0.5) is 5.69 Å². The van der Waals surface area contributed by atoms with E-state index in [0.717, 1.165) is 54.4 Å². The van der Waals surface area contributed by atoms with Gasteiger partial charge in [0.25, 0.3) is 0 Å². The van der Waals surface area contributed by atoms with Crippen molar-refractivity contribution in [1.29, 1.82) is 0 Å². The molecule has 3 rings (SSSR count). The highest BCUT2D eigenvalue weighted by molar-refractivity contribution is 9.10. The summed E-state index contributed by atoms with van der Waals surface area (Å²) in [6.07, 6.45) is 7.49. The summed E-state index contributed by atoms with van der Waals surface area (Å²) >= 11 is 3.59. The number of anilines is 1. The van der Waals surface area contributed by atoms with Gasteiger partial charge in [0.15, 0.2) is 0 Å². The van der Waals surface area contributed by atoms with E-state index >= 15 is 4.57 Å². The van der Waals surface area contributed by atoms with Crippen molar-refractivity contribution in [3.63, 3.8) is 0 Å². The van der Waals surface area contributed by atoms with E-state index in [4.69, 9.17) is 13.8 Å². The highest BCUT2D eigenvalue weighted by Crippen LogP contribution is 2.62. The number of benzene rings is 2. The molecule has 0 aromatic heterocycles. The molecule has 2 aromatic rings. The molecule has 1 saturated carbocycles. The van der Waals surface area contributed by atoms with Crippen molar-refractivity contribution in [3.05, 3.63) is 58.6 Å². The Labute approximate surface area is 232 Å². The zero-order valence-corrected chi connectivity index (χ0v) is 25.6. The van der Waals surface area contributed by atoms with Crippen molar-refractivity contribution in [2.75, 3.05) is 12.4 Å². The molecule has 2 aromatic carbocycles. The van der Waals surface area contributed by atoms with Crippen LogP contribution in [0.25, 0.3) is 0 Å². The van der Waals surface area contributed by atoms with Crippen molar-refractivity contribution in [2.24, 2.45) is 5.92 Å². The molecule has 7 heteroatoms. The molecule has 2 atom stereocenters. The van der Waals surface area contributed by atoms with Crippen molar-refractivity contribution >= 4 is 29.2 Å². The van der Waals surface area contributed by atoms with Crippen LogP contribution in [0.3, 0.4) is 0 Å². The molecule has 5 nitrogen and oxygen atoms in total. The molecule has 1 N–H and O–H groups in total. The molecule has 0 saturated heterocycles. The van der Waals surface area contributed by atoms with Gasteiger partial charge in [-0.05, 0) is 86.4 Å². The number of hydrogen-bond acceptors (Lipinski definition) is 5. The van der Waals surface area contributed by atoms with E-state index in [1.54, 1.807) is 7.11 Å². The Morgan fingerprint density at radius 2 is 1.38 bits per heavy atom. The van der Waals surface area contributed by atoms with E-state index < -0.39 is 13.4 Å². The van der Waals surface area contributed by atoms with E-state index in [-0.39, 0.29) is 18.1 Å². The summed E-state index contributed by atoms with van der Waals surface area (Å²) in [6, 6.07) is 16.3. The Morgan fingerprint density at radius 1 is 0.865 bits per heavy atom. The molecule has 206 valence electrons. The van der Waals surface area contributed by atoms with Crippen LogP contribution in [0, 0.1) is 5.92 Å². The lowest BCUT2D eigenvalue weighted by Crippen LogP contribution is -2.35. The van der Waals surface area contributed by atoms with Gasteiger partial charge < -0.3 is 19.1 Å². The Balaban J connectivity index is 2.16. The Kier molecular flexibility index (Phi) is 12.0. The van der Waals surface area contributed by atoms with Crippen molar-refractivity contribution in [2.45, 2.75) is 103 Å². The normalized spacial score (nSPS) is 16.3. The topological polar surface area (TPSA) is 56.8 Å². The van der Waals surface area contributed by atoms with E-state index in [0.29, 0.717) is 5.92 Å². The maximum atomic E-state index is 15.2. The van der Waals surface area contributed by atoms with Gasteiger partial charge in [-0.3, -0.25) is 4.57 Å². The standard InChI is InChI=1S/C30H45BrNO4P/c1-6-26(7-2)35-37(33,36-27(8-3)9-4)30(32-25-18-20-28(34-5)21-19-25)29(22-12-10-11-13-22)23-14-16-24(31)17-15-23/h14-22,26-27,29-30,32H,6-13H2,1-5H3/t29-,30-/m1/s1. The van der Waals surface area contributed by atoms with Crippen LogP contribution in [-0.4, -0.2) is 25.1 Å². The number of rotatable bonds is 15. The van der Waals surface area contributed by atoms with Crippen molar-refractivity contribution in [1.82, 2.24) is 0 Å². The molecule has 37 heavy (non-hydrogen) atoms. The lowest BCUT2D eigenvalue weighted by atomic mass is 9.84. The van der Waals surface area contributed by atoms with Crippen molar-refractivity contribution < 1.29 is 18.3 Å². The average Bonchev–Trinajstić information content (AvgIpc) is 3.46. The molecule has 0 radical (unpaired) electrons. The Hall–Kier alpha value is -1.33. The van der Waals surface area contributed by atoms with Crippen LogP contribution in [-0.2, 0) is 13.6 Å². The third kappa shape index (κ3) is 8.08. The minimum absolute atomic E-state index is 0.0211. The second-order valence-electron chi connectivity index (χ2n) is 10.1. The summed E-state index contributed by atoms with van der Waals surface area (Å²) in [7, 11) is -1.97. The lowest BCUT2D eigenvalue weighted by Gasteiger charge is -2.39. The first kappa shape index (κ1) is 30.2. The first-order chi connectivity index (χ1) is 17.9. The van der Waals surface area contributed by atoms with Gasteiger partial charge in [-0.1, -0.05) is 68.6 Å². The minimum Gasteiger partial charge on any atom is -0.497 e. The van der Waals surface area contributed by atoms with Crippen LogP contribution in [0.1, 0.15) is 90.5 Å². The molecule has 1 aliphatic rings. The second-order valence-corrected chi connectivity index (χ2v) is 13.0. The molecule has 1 aliphatic carbocycles. The molecule has 0 aliphatic heterocycles. The predicted molar refractivity (Wildman–Crippen MR) is 158 cm³/mol. The maximum Gasteiger partial charge on any atom is 0.353 e. The van der Waals surface area contributed by atoms with Crippen molar-refractivity contribution in [3.8, 4) is 5.75 Å². The van der Waals surface area contributed by atoms with Crippen LogP contribution in [0.5, 0.6) is 5.75 Å². The van der Waals surface area contributed by atoms with Crippen LogP contribution >= 0.6 is 23.5 Å². The highest BCUT2D eigenvalue weighted by atomic mass is 79.9. The summed E-state index contributed by atoms with van der Waals surface area (Å²) < 4.78 is 34.8. The summed E-state index contributed by atoms with van der Waals surface area (Å²) in [5.41, 5.74) is 2.05. The van der Waals surface area contributed by atoms with Crippen LogP contribution in [0.15, 0.2) is 53.0 Å². The number of methoxy groups -OCH3 is 1. The third-order valence-corrected chi connectivity index (χ3v) is 10.5. The van der Waals surface area contributed by atoms with Crippen LogP contribution in [0.2, 0.25) is 0 Å². The van der Waals surface area contributed by atoms with Gasteiger partial charge in [0.1, 0.15) is 11.5 Å². The fraction of sp³-hybridized carbons (Fsp3) is 0.600. The SMILES string of the molecule is CCC(CC)OP(=O)(OC(CC)CC)[C@@H](Nc1ccc(OC)cc1)[C@@H](c1ccc(Br)cc1)C1CCCC1. The quantitative estimate of drug-likeness (QED) is 0.208. The number of halogens is 1. The zero-order chi connectivity index (χ0) is 26.8. The largest absolute Gasteiger partial charge is 0.497 e. The fourth-order valence-corrected chi connectivity index (χ4v) is 8.50. The summed E-state index contributed by atoms with van der Waals surface area (Å²) in [5, 5.41) is 3.69. The molecule has 0 bridgehead atoms. The van der Waals surface area contributed by atoms with Gasteiger partial charge in [0.2, 0.25) is 0 Å². The number of nitrogens with one attached hydrogen (secondary N) is 1. The van der Waals surface area contributed by atoms with E-state index in [2.05, 4.69) is 73.2 Å². The minimum atomic E-state index is -3.63. The average molecular weight is 595 g/mol. The van der Waals surface area contributed by atoms with Crippen LogP contribution < -0.4 is 10.1 Å². The fourth-order valence-electron chi connectivity index (χ4n) is 5.38. The second kappa shape index (κ2) is 14.7. The number of ether oxygens (including phenoxy) is 1. The first-order valence-corrected chi connectivity index (χ1v) is 16.4. The summed E-state index contributed by atoms with van der Waals surface area (Å²) in [5.74, 6) is 0.631. The predicted octanol–water partition coefficient (Wildman–Crippen LogP) is 9.77. The molecular weight excluding hydrogens is 549 g/mol. The smallest absolute Gasteiger partial charge is 0.353 e. The van der Waals surface area contributed by atoms with E-state index in [9.17, 15) is 0 Å². The van der Waals surface area contributed by atoms with Gasteiger partial charge in [-0.2, -0.15) is 0 Å². The molecule has 0 heterocycles. The van der Waals surface area contributed by atoms with Gasteiger partial charge in [-0.15, -0.1) is 0 Å². The first-order valence-electron chi connectivity index (χ1n) is 14.0. The monoisotopic (exact) mass is 593 g/mol. The van der Waals surface area contributed by atoms with E-state index in [1.807, 2.05) is 24.3 Å². The zero-order valence-electron chi connectivity index (χ0n) is 23.1. The van der Waals surface area contributed by atoms with E-state index in [1.165, 1.54) is 18.4 Å². The molecule has 1 fully saturated rings. The highest BCUT2D eigenvalue weighted by Gasteiger charge is 2.47. The Bertz CT molecular complexity index is 952. The number of hydrogen-bond donors (Lipinski definition) is 1. The summed E-state index contributed by atoms with van der Waals surface area (Å²) in [4.78, 5) is 0. The summed E-state index contributed by atoms with van der Waals surface area (Å²) in [6.45, 7) is 8.35. The van der Waals surface area contributed by atoms with Gasteiger partial charge in [0, 0.05) is 16.1 Å². The van der Waals surface area contributed by atoms with Gasteiger partial charge >= 0.3 is 7.60 Å². The maximum absolute atomic E-state index is 15.2. The third-order valence-electron chi connectivity index (χ3n) is 7.66. The van der Waals surface area contributed by atoms with Gasteiger partial charge in [0.05, 0.1) is 19.3 Å². The Morgan fingerprint density at radius 3 is 1.84 bits per heavy atom.